The van der Waals surface area contributed by atoms with Crippen LogP contribution in [0.3, 0.4) is 0 Å². The number of amides is 2. The van der Waals surface area contributed by atoms with Crippen molar-refractivity contribution >= 4 is 17.4 Å². The highest BCUT2D eigenvalue weighted by Gasteiger charge is 2.25. The minimum absolute atomic E-state index is 0.113. The summed E-state index contributed by atoms with van der Waals surface area (Å²) in [5.41, 5.74) is 0.760. The van der Waals surface area contributed by atoms with E-state index in [9.17, 15) is 9.18 Å². The number of urea groups is 1. The fraction of sp³-hybridized carbons (Fsp3) is 0.312. The molecule has 1 aromatic heterocycles. The summed E-state index contributed by atoms with van der Waals surface area (Å²) in [4.78, 5) is 15.1. The first-order valence-corrected chi connectivity index (χ1v) is 8.02. The Hall–Kier alpha value is -1.92. The van der Waals surface area contributed by atoms with Gasteiger partial charge in [-0.15, -0.1) is 11.3 Å². The lowest BCUT2D eigenvalue weighted by atomic mass is 10.1. The lowest BCUT2D eigenvalue weighted by Crippen LogP contribution is -2.46. The maximum atomic E-state index is 13.3. The van der Waals surface area contributed by atoms with Gasteiger partial charge in [0.2, 0.25) is 0 Å². The van der Waals surface area contributed by atoms with Crippen molar-refractivity contribution in [3.05, 3.63) is 58.0 Å². The maximum Gasteiger partial charge on any atom is 0.317 e. The number of morpholine rings is 1. The highest BCUT2D eigenvalue weighted by molar-refractivity contribution is 7.09. The number of rotatable bonds is 3. The van der Waals surface area contributed by atoms with Gasteiger partial charge < -0.3 is 15.0 Å². The van der Waals surface area contributed by atoms with E-state index in [1.54, 1.807) is 22.3 Å². The first-order chi connectivity index (χ1) is 10.7. The van der Waals surface area contributed by atoms with E-state index in [2.05, 4.69) is 5.32 Å². The Bertz CT molecular complexity index is 633. The standard InChI is InChI=1S/C16H17FN2O2S/c17-13-4-1-3-12(9-13)15-11-19(6-7-21-15)16(20)18-10-14-5-2-8-22-14/h1-5,8-9,15H,6-7,10-11H2,(H,18,20). The van der Waals surface area contributed by atoms with Gasteiger partial charge >= 0.3 is 6.03 Å². The molecule has 3 rings (SSSR count). The van der Waals surface area contributed by atoms with Gasteiger partial charge in [-0.05, 0) is 29.1 Å². The molecule has 1 saturated heterocycles. The summed E-state index contributed by atoms with van der Waals surface area (Å²) >= 11 is 1.61. The average molecular weight is 320 g/mol. The van der Waals surface area contributed by atoms with Crippen molar-refractivity contribution in [1.82, 2.24) is 10.2 Å². The van der Waals surface area contributed by atoms with E-state index in [0.29, 0.717) is 26.2 Å². The van der Waals surface area contributed by atoms with Crippen LogP contribution in [0, 0.1) is 5.82 Å². The number of carbonyl (C=O) groups excluding carboxylic acids is 1. The molecule has 1 N–H and O–H groups in total. The zero-order chi connectivity index (χ0) is 15.4. The van der Waals surface area contributed by atoms with Crippen molar-refractivity contribution in [3.8, 4) is 0 Å². The van der Waals surface area contributed by atoms with Gasteiger partial charge in [0, 0.05) is 11.4 Å². The Morgan fingerprint density at radius 2 is 2.32 bits per heavy atom. The molecule has 2 aromatic rings. The second-order valence-electron chi connectivity index (χ2n) is 5.10. The van der Waals surface area contributed by atoms with Crippen LogP contribution >= 0.6 is 11.3 Å². The number of hydrogen-bond donors (Lipinski definition) is 1. The highest BCUT2D eigenvalue weighted by Crippen LogP contribution is 2.22. The number of halogens is 1. The van der Waals surface area contributed by atoms with E-state index in [-0.39, 0.29) is 18.0 Å². The fourth-order valence-electron chi connectivity index (χ4n) is 2.43. The van der Waals surface area contributed by atoms with E-state index in [1.165, 1.54) is 12.1 Å². The smallest absolute Gasteiger partial charge is 0.317 e. The number of carbonyl (C=O) groups is 1. The molecule has 2 amide bonds. The molecule has 22 heavy (non-hydrogen) atoms. The van der Waals surface area contributed by atoms with Crippen LogP contribution in [0.15, 0.2) is 41.8 Å². The molecule has 0 bridgehead atoms. The van der Waals surface area contributed by atoms with Crippen molar-refractivity contribution in [3.63, 3.8) is 0 Å². The molecule has 4 nitrogen and oxygen atoms in total. The van der Waals surface area contributed by atoms with Crippen molar-refractivity contribution in [2.45, 2.75) is 12.6 Å². The molecule has 1 aliphatic rings. The summed E-state index contributed by atoms with van der Waals surface area (Å²) in [7, 11) is 0. The van der Waals surface area contributed by atoms with Gasteiger partial charge in [-0.1, -0.05) is 18.2 Å². The molecule has 1 atom stereocenters. The van der Waals surface area contributed by atoms with Crippen LogP contribution in [0.25, 0.3) is 0 Å². The molecular weight excluding hydrogens is 303 g/mol. The van der Waals surface area contributed by atoms with Crippen LogP contribution in [-0.2, 0) is 11.3 Å². The molecule has 0 spiro atoms. The third kappa shape index (κ3) is 3.64. The Morgan fingerprint density at radius 3 is 3.09 bits per heavy atom. The van der Waals surface area contributed by atoms with Crippen molar-refractivity contribution in [2.24, 2.45) is 0 Å². The molecule has 1 aliphatic heterocycles. The normalized spacial score (nSPS) is 18.2. The van der Waals surface area contributed by atoms with Crippen LogP contribution in [0.4, 0.5) is 9.18 Å². The van der Waals surface area contributed by atoms with E-state index >= 15 is 0 Å². The SMILES string of the molecule is O=C(NCc1cccs1)N1CCOC(c2cccc(F)c2)C1. The lowest BCUT2D eigenvalue weighted by molar-refractivity contribution is -0.0156. The number of ether oxygens (including phenoxy) is 1. The van der Waals surface area contributed by atoms with Gasteiger partial charge in [0.05, 0.1) is 19.7 Å². The van der Waals surface area contributed by atoms with E-state index in [4.69, 9.17) is 4.74 Å². The van der Waals surface area contributed by atoms with E-state index in [0.717, 1.165) is 10.4 Å². The fourth-order valence-corrected chi connectivity index (χ4v) is 3.07. The zero-order valence-electron chi connectivity index (χ0n) is 12.0. The monoisotopic (exact) mass is 320 g/mol. The van der Waals surface area contributed by atoms with Crippen LogP contribution in [-0.4, -0.2) is 30.6 Å². The summed E-state index contributed by atoms with van der Waals surface area (Å²) in [6, 6.07) is 10.2. The molecule has 0 radical (unpaired) electrons. The minimum Gasteiger partial charge on any atom is -0.370 e. The molecule has 116 valence electrons. The van der Waals surface area contributed by atoms with Gasteiger partial charge in [-0.25, -0.2) is 9.18 Å². The maximum absolute atomic E-state index is 13.3. The molecule has 6 heteroatoms. The Balaban J connectivity index is 1.59. The molecule has 2 heterocycles. The Kier molecular flexibility index (Phi) is 4.70. The van der Waals surface area contributed by atoms with Gasteiger partial charge in [-0.2, -0.15) is 0 Å². The summed E-state index contributed by atoms with van der Waals surface area (Å²) in [6.45, 7) is 1.95. The summed E-state index contributed by atoms with van der Waals surface area (Å²) < 4.78 is 19.0. The first-order valence-electron chi connectivity index (χ1n) is 7.14. The first kappa shape index (κ1) is 15.0. The minimum atomic E-state index is -0.291. The predicted octanol–water partition coefficient (Wildman–Crippen LogP) is 3.17. The largest absolute Gasteiger partial charge is 0.370 e. The van der Waals surface area contributed by atoms with E-state index < -0.39 is 0 Å². The molecule has 0 aliphatic carbocycles. The summed E-state index contributed by atoms with van der Waals surface area (Å²) in [5.74, 6) is -0.291. The summed E-state index contributed by atoms with van der Waals surface area (Å²) in [6.07, 6.45) is -0.281. The Labute approximate surface area is 132 Å². The van der Waals surface area contributed by atoms with Gasteiger partial charge in [0.25, 0.3) is 0 Å². The molecule has 1 aromatic carbocycles. The lowest BCUT2D eigenvalue weighted by Gasteiger charge is -2.33. The van der Waals surface area contributed by atoms with Crippen molar-refractivity contribution < 1.29 is 13.9 Å². The number of hydrogen-bond acceptors (Lipinski definition) is 3. The van der Waals surface area contributed by atoms with Crippen LogP contribution < -0.4 is 5.32 Å². The molecule has 1 fully saturated rings. The third-order valence-electron chi connectivity index (χ3n) is 3.57. The van der Waals surface area contributed by atoms with Gasteiger partial charge in [0.1, 0.15) is 11.9 Å². The Morgan fingerprint density at radius 1 is 1.41 bits per heavy atom. The molecule has 1 unspecified atom stereocenters. The number of thiophene rings is 1. The quantitative estimate of drug-likeness (QED) is 0.944. The third-order valence-corrected chi connectivity index (χ3v) is 4.44. The topological polar surface area (TPSA) is 41.6 Å². The van der Waals surface area contributed by atoms with Crippen LogP contribution in [0.2, 0.25) is 0 Å². The second kappa shape index (κ2) is 6.89. The number of nitrogens with one attached hydrogen (secondary N) is 1. The molecule has 0 saturated carbocycles. The number of nitrogens with zero attached hydrogens (tertiary/aromatic N) is 1. The van der Waals surface area contributed by atoms with Crippen molar-refractivity contribution in [2.75, 3.05) is 19.7 Å². The molecular formula is C16H17FN2O2S. The van der Waals surface area contributed by atoms with Crippen LogP contribution in [0.1, 0.15) is 16.5 Å². The highest BCUT2D eigenvalue weighted by atomic mass is 32.1. The average Bonchev–Trinajstić information content (AvgIpc) is 3.06. The number of benzene rings is 1. The van der Waals surface area contributed by atoms with Gasteiger partial charge in [0.15, 0.2) is 0 Å². The van der Waals surface area contributed by atoms with Crippen LogP contribution in [0.5, 0.6) is 0 Å². The zero-order valence-corrected chi connectivity index (χ0v) is 12.8. The predicted molar refractivity (Wildman–Crippen MR) is 83.2 cm³/mol. The van der Waals surface area contributed by atoms with Crippen molar-refractivity contribution in [1.29, 1.82) is 0 Å². The summed E-state index contributed by atoms with van der Waals surface area (Å²) in [5, 5.41) is 4.89. The van der Waals surface area contributed by atoms with Gasteiger partial charge in [-0.3, -0.25) is 0 Å². The van der Waals surface area contributed by atoms with E-state index in [1.807, 2.05) is 23.6 Å². The second-order valence-corrected chi connectivity index (χ2v) is 6.13.